The van der Waals surface area contributed by atoms with Crippen LogP contribution in [-0.2, 0) is 9.53 Å². The first kappa shape index (κ1) is 12.0. The molecule has 18 heavy (non-hydrogen) atoms. The van der Waals surface area contributed by atoms with Crippen molar-refractivity contribution in [3.8, 4) is 0 Å². The van der Waals surface area contributed by atoms with Crippen molar-refractivity contribution in [3.05, 3.63) is 0 Å². The second-order valence-corrected chi connectivity index (χ2v) is 5.86. The first-order chi connectivity index (χ1) is 8.71. The normalized spacial score (nSPS) is 27.4. The van der Waals surface area contributed by atoms with Crippen molar-refractivity contribution in [2.45, 2.75) is 70.4 Å². The molecule has 0 aromatic carbocycles. The molecule has 4 nitrogen and oxygen atoms in total. The lowest BCUT2D eigenvalue weighted by Gasteiger charge is -2.31. The van der Waals surface area contributed by atoms with Crippen LogP contribution >= 0.6 is 0 Å². The monoisotopic (exact) mass is 250 g/mol. The van der Waals surface area contributed by atoms with Gasteiger partial charge in [0.1, 0.15) is 0 Å². The van der Waals surface area contributed by atoms with Gasteiger partial charge in [-0.2, -0.15) is 5.01 Å². The minimum Gasteiger partial charge on any atom is -0.451 e. The van der Waals surface area contributed by atoms with E-state index in [9.17, 15) is 4.79 Å². The maximum atomic E-state index is 11.8. The van der Waals surface area contributed by atoms with Gasteiger partial charge in [-0.05, 0) is 25.7 Å². The fourth-order valence-electron chi connectivity index (χ4n) is 3.56. The molecule has 3 rings (SSSR count). The van der Waals surface area contributed by atoms with Crippen LogP contribution in [0, 0.1) is 5.92 Å². The third-order valence-electron chi connectivity index (χ3n) is 4.52. The van der Waals surface area contributed by atoms with E-state index in [0.717, 1.165) is 31.6 Å². The average molecular weight is 250 g/mol. The molecule has 1 spiro atoms. The van der Waals surface area contributed by atoms with E-state index in [-0.39, 0.29) is 5.91 Å². The van der Waals surface area contributed by atoms with E-state index in [1.165, 1.54) is 32.1 Å². The molecule has 0 aromatic rings. The molecular weight excluding hydrogens is 228 g/mol. The summed E-state index contributed by atoms with van der Waals surface area (Å²) in [6, 6.07) is 0. The highest BCUT2D eigenvalue weighted by Crippen LogP contribution is 2.42. The van der Waals surface area contributed by atoms with Crippen molar-refractivity contribution >= 4 is 11.8 Å². The quantitative estimate of drug-likeness (QED) is 0.718. The zero-order valence-corrected chi connectivity index (χ0v) is 11.2. The van der Waals surface area contributed by atoms with E-state index in [2.05, 4.69) is 5.10 Å². The zero-order valence-electron chi connectivity index (χ0n) is 11.2. The molecule has 100 valence electrons. The van der Waals surface area contributed by atoms with Crippen LogP contribution < -0.4 is 0 Å². The predicted molar refractivity (Wildman–Crippen MR) is 68.8 cm³/mol. The number of hydrogen-bond acceptors (Lipinski definition) is 3. The second-order valence-electron chi connectivity index (χ2n) is 5.86. The standard InChI is InChI=1S/C14H22N2O2/c1-11(17)16-14(9-5-6-10-14)18-13(15-16)12-7-3-2-4-8-12/h12H,2-10H2,1H3. The van der Waals surface area contributed by atoms with E-state index in [1.807, 2.05) is 0 Å². The number of carbonyl (C=O) groups is 1. The maximum absolute atomic E-state index is 11.8. The largest absolute Gasteiger partial charge is 0.451 e. The SMILES string of the molecule is CC(=O)N1N=C(C2CCCCC2)OC12CCCC2. The van der Waals surface area contributed by atoms with Gasteiger partial charge >= 0.3 is 0 Å². The molecule has 1 aliphatic heterocycles. The highest BCUT2D eigenvalue weighted by molar-refractivity contribution is 5.84. The second kappa shape index (κ2) is 4.56. The van der Waals surface area contributed by atoms with Gasteiger partial charge in [-0.15, -0.1) is 5.10 Å². The molecule has 0 radical (unpaired) electrons. The van der Waals surface area contributed by atoms with E-state index >= 15 is 0 Å². The van der Waals surface area contributed by atoms with Crippen LogP contribution in [0.1, 0.15) is 64.7 Å². The van der Waals surface area contributed by atoms with Crippen LogP contribution in [0.5, 0.6) is 0 Å². The Kier molecular flexibility index (Phi) is 3.04. The van der Waals surface area contributed by atoms with Crippen molar-refractivity contribution < 1.29 is 9.53 Å². The van der Waals surface area contributed by atoms with Gasteiger partial charge in [0.15, 0.2) is 0 Å². The third kappa shape index (κ3) is 1.91. The Labute approximate surface area is 108 Å². The number of hydrazone groups is 1. The minimum absolute atomic E-state index is 0.0164. The van der Waals surface area contributed by atoms with E-state index in [4.69, 9.17) is 4.74 Å². The van der Waals surface area contributed by atoms with Crippen molar-refractivity contribution in [2.75, 3.05) is 0 Å². The summed E-state index contributed by atoms with van der Waals surface area (Å²) in [6.45, 7) is 1.59. The van der Waals surface area contributed by atoms with Crippen LogP contribution in [0.2, 0.25) is 0 Å². The first-order valence-electron chi connectivity index (χ1n) is 7.30. The van der Waals surface area contributed by atoms with Crippen molar-refractivity contribution in [1.82, 2.24) is 5.01 Å². The molecule has 0 atom stereocenters. The van der Waals surface area contributed by atoms with Crippen LogP contribution in [-0.4, -0.2) is 22.5 Å². The highest BCUT2D eigenvalue weighted by Gasteiger charge is 2.50. The summed E-state index contributed by atoms with van der Waals surface area (Å²) in [7, 11) is 0. The summed E-state index contributed by atoms with van der Waals surface area (Å²) in [5, 5.41) is 6.15. The smallest absolute Gasteiger partial charge is 0.243 e. The molecule has 0 unspecified atom stereocenters. The van der Waals surface area contributed by atoms with Crippen molar-refractivity contribution in [1.29, 1.82) is 0 Å². The minimum atomic E-state index is -0.418. The van der Waals surface area contributed by atoms with E-state index < -0.39 is 5.72 Å². The topological polar surface area (TPSA) is 41.9 Å². The van der Waals surface area contributed by atoms with Crippen LogP contribution in [0.3, 0.4) is 0 Å². The fraction of sp³-hybridized carbons (Fsp3) is 0.857. The molecule has 1 amide bonds. The molecule has 2 fully saturated rings. The lowest BCUT2D eigenvalue weighted by molar-refractivity contribution is -0.146. The first-order valence-corrected chi connectivity index (χ1v) is 7.30. The van der Waals surface area contributed by atoms with Crippen LogP contribution in [0.15, 0.2) is 5.10 Å². The Hall–Kier alpha value is -1.06. The van der Waals surface area contributed by atoms with Crippen molar-refractivity contribution in [3.63, 3.8) is 0 Å². The molecular formula is C14H22N2O2. The Morgan fingerprint density at radius 1 is 1.22 bits per heavy atom. The Bertz CT molecular complexity index is 366. The number of nitrogens with zero attached hydrogens (tertiary/aromatic N) is 2. The molecule has 0 N–H and O–H groups in total. The summed E-state index contributed by atoms with van der Waals surface area (Å²) in [5.74, 6) is 1.30. The molecule has 0 aromatic heterocycles. The van der Waals surface area contributed by atoms with Gasteiger partial charge in [-0.1, -0.05) is 19.3 Å². The Morgan fingerprint density at radius 3 is 2.50 bits per heavy atom. The van der Waals surface area contributed by atoms with Gasteiger partial charge in [0, 0.05) is 25.7 Å². The summed E-state index contributed by atoms with van der Waals surface area (Å²) >= 11 is 0. The molecule has 2 aliphatic carbocycles. The van der Waals surface area contributed by atoms with Gasteiger partial charge < -0.3 is 4.74 Å². The number of rotatable bonds is 1. The molecule has 0 bridgehead atoms. The van der Waals surface area contributed by atoms with Gasteiger partial charge in [0.25, 0.3) is 0 Å². The summed E-state index contributed by atoms with van der Waals surface area (Å²) in [4.78, 5) is 11.8. The van der Waals surface area contributed by atoms with Crippen LogP contribution in [0.4, 0.5) is 0 Å². The lowest BCUT2D eigenvalue weighted by Crippen LogP contribution is -2.44. The maximum Gasteiger partial charge on any atom is 0.243 e. The van der Waals surface area contributed by atoms with E-state index in [0.29, 0.717) is 5.92 Å². The molecule has 1 heterocycles. The van der Waals surface area contributed by atoms with E-state index in [1.54, 1.807) is 11.9 Å². The fourth-order valence-corrected chi connectivity index (χ4v) is 3.56. The van der Waals surface area contributed by atoms with Gasteiger partial charge in [-0.3, -0.25) is 4.79 Å². The molecule has 3 aliphatic rings. The summed E-state index contributed by atoms with van der Waals surface area (Å²) in [6.07, 6.45) is 10.3. The summed E-state index contributed by atoms with van der Waals surface area (Å²) < 4.78 is 6.18. The van der Waals surface area contributed by atoms with Gasteiger partial charge in [0.05, 0.1) is 0 Å². The molecule has 0 saturated heterocycles. The Balaban J connectivity index is 1.80. The third-order valence-corrected chi connectivity index (χ3v) is 4.52. The van der Waals surface area contributed by atoms with Crippen molar-refractivity contribution in [2.24, 2.45) is 11.0 Å². The highest BCUT2D eigenvalue weighted by atomic mass is 16.6. The lowest BCUT2D eigenvalue weighted by atomic mass is 9.89. The van der Waals surface area contributed by atoms with Crippen LogP contribution in [0.25, 0.3) is 0 Å². The molecule has 4 heteroatoms. The predicted octanol–water partition coefficient (Wildman–Crippen LogP) is 3.03. The number of ether oxygens (including phenoxy) is 1. The van der Waals surface area contributed by atoms with Gasteiger partial charge in [-0.25, -0.2) is 0 Å². The number of carbonyl (C=O) groups excluding carboxylic acids is 1. The molecule has 2 saturated carbocycles. The summed E-state index contributed by atoms with van der Waals surface area (Å²) in [5.41, 5.74) is -0.418. The zero-order chi connectivity index (χ0) is 12.6. The van der Waals surface area contributed by atoms with Gasteiger partial charge in [0.2, 0.25) is 17.5 Å². The number of amides is 1. The Morgan fingerprint density at radius 2 is 1.89 bits per heavy atom. The number of hydrogen-bond donors (Lipinski definition) is 0. The average Bonchev–Trinajstić information content (AvgIpc) is 2.99.